The number of carbonyl (C=O) groups excluding carboxylic acids is 2. The summed E-state index contributed by atoms with van der Waals surface area (Å²) in [5.74, 6) is 1.78. The zero-order chi connectivity index (χ0) is 20.6. The predicted octanol–water partition coefficient (Wildman–Crippen LogP) is 2.42. The number of hydrogen-bond acceptors (Lipinski definition) is 4. The van der Waals surface area contributed by atoms with Gasteiger partial charge in [0, 0.05) is 52.1 Å². The number of hydrogen-bond donors (Lipinski definition) is 0. The quantitative estimate of drug-likeness (QED) is 0.704. The van der Waals surface area contributed by atoms with Crippen LogP contribution in [0.3, 0.4) is 0 Å². The lowest BCUT2D eigenvalue weighted by Crippen LogP contribution is -2.47. The van der Waals surface area contributed by atoms with E-state index in [9.17, 15) is 9.59 Å². The molecular formula is C23H35N3O3. The van der Waals surface area contributed by atoms with Crippen LogP contribution >= 0.6 is 0 Å². The fraction of sp³-hybridized carbons (Fsp3) is 0.652. The van der Waals surface area contributed by atoms with Gasteiger partial charge in [0.25, 0.3) is 0 Å². The number of aryl methyl sites for hydroxylation is 1. The first kappa shape index (κ1) is 21.6. The molecule has 1 atom stereocenters. The van der Waals surface area contributed by atoms with Crippen molar-refractivity contribution >= 4 is 11.8 Å². The number of likely N-dealkylation sites (N-methyl/N-ethyl adjacent to an activating group) is 1. The molecule has 1 aromatic rings. The maximum atomic E-state index is 12.7. The van der Waals surface area contributed by atoms with Gasteiger partial charge in [-0.2, -0.15) is 0 Å². The van der Waals surface area contributed by atoms with E-state index in [1.807, 2.05) is 34.1 Å². The van der Waals surface area contributed by atoms with Gasteiger partial charge in [0.1, 0.15) is 5.75 Å². The number of para-hydroxylation sites is 1. The Morgan fingerprint density at radius 3 is 2.48 bits per heavy atom. The van der Waals surface area contributed by atoms with E-state index in [1.165, 1.54) is 0 Å². The summed E-state index contributed by atoms with van der Waals surface area (Å²) in [5.41, 5.74) is 1.08. The molecule has 160 valence electrons. The van der Waals surface area contributed by atoms with E-state index >= 15 is 0 Å². The van der Waals surface area contributed by atoms with Crippen molar-refractivity contribution in [3.8, 4) is 5.75 Å². The fourth-order valence-corrected chi connectivity index (χ4v) is 4.38. The highest BCUT2D eigenvalue weighted by molar-refractivity contribution is 5.77. The summed E-state index contributed by atoms with van der Waals surface area (Å²) < 4.78 is 5.39. The lowest BCUT2D eigenvalue weighted by atomic mass is 9.92. The van der Waals surface area contributed by atoms with E-state index in [4.69, 9.17) is 4.74 Å². The van der Waals surface area contributed by atoms with Gasteiger partial charge in [0.05, 0.1) is 7.11 Å². The summed E-state index contributed by atoms with van der Waals surface area (Å²) in [5, 5.41) is 0. The van der Waals surface area contributed by atoms with E-state index in [1.54, 1.807) is 7.11 Å². The van der Waals surface area contributed by atoms with Crippen molar-refractivity contribution in [1.82, 2.24) is 14.7 Å². The monoisotopic (exact) mass is 401 g/mol. The Bertz CT molecular complexity index is 686. The number of rotatable bonds is 7. The molecule has 6 nitrogen and oxygen atoms in total. The molecule has 2 heterocycles. The normalized spacial score (nSPS) is 20.6. The molecule has 0 bridgehead atoms. The molecule has 2 amide bonds. The molecule has 1 aromatic carbocycles. The molecule has 0 spiro atoms. The Kier molecular flexibility index (Phi) is 7.92. The van der Waals surface area contributed by atoms with E-state index in [0.717, 1.165) is 69.8 Å². The van der Waals surface area contributed by atoms with E-state index in [0.29, 0.717) is 25.2 Å². The van der Waals surface area contributed by atoms with Crippen molar-refractivity contribution in [3.05, 3.63) is 29.8 Å². The molecule has 29 heavy (non-hydrogen) atoms. The smallest absolute Gasteiger partial charge is 0.222 e. The molecule has 0 radical (unpaired) electrons. The zero-order valence-corrected chi connectivity index (χ0v) is 17.9. The summed E-state index contributed by atoms with van der Waals surface area (Å²) in [6.07, 6.45) is 4.86. The summed E-state index contributed by atoms with van der Waals surface area (Å²) in [7, 11) is 3.77. The number of piperazine rings is 1. The Hall–Kier alpha value is -2.08. The maximum Gasteiger partial charge on any atom is 0.222 e. The van der Waals surface area contributed by atoms with Crippen LogP contribution < -0.4 is 4.74 Å². The van der Waals surface area contributed by atoms with Crippen molar-refractivity contribution in [2.24, 2.45) is 5.92 Å². The van der Waals surface area contributed by atoms with E-state index < -0.39 is 0 Å². The van der Waals surface area contributed by atoms with Crippen LogP contribution in [-0.2, 0) is 16.0 Å². The van der Waals surface area contributed by atoms with Crippen LogP contribution in [0.2, 0.25) is 0 Å². The van der Waals surface area contributed by atoms with Gasteiger partial charge in [-0.05, 0) is 50.3 Å². The van der Waals surface area contributed by atoms with Gasteiger partial charge < -0.3 is 19.4 Å². The first-order chi connectivity index (χ1) is 14.1. The molecule has 0 aliphatic carbocycles. The zero-order valence-electron chi connectivity index (χ0n) is 17.9. The Morgan fingerprint density at radius 1 is 1.00 bits per heavy atom. The minimum atomic E-state index is 0.214. The molecule has 0 unspecified atom stereocenters. The molecule has 0 N–H and O–H groups in total. The van der Waals surface area contributed by atoms with Gasteiger partial charge in [-0.15, -0.1) is 0 Å². The van der Waals surface area contributed by atoms with Crippen molar-refractivity contribution in [1.29, 1.82) is 0 Å². The number of methoxy groups -OCH3 is 1. The second kappa shape index (κ2) is 10.6. The molecule has 2 aliphatic heterocycles. The molecule has 2 saturated heterocycles. The van der Waals surface area contributed by atoms with Crippen molar-refractivity contribution in [2.45, 2.75) is 38.5 Å². The average molecular weight is 402 g/mol. The highest BCUT2D eigenvalue weighted by atomic mass is 16.5. The molecule has 0 aromatic heterocycles. The topological polar surface area (TPSA) is 53.1 Å². The van der Waals surface area contributed by atoms with Gasteiger partial charge in [-0.3, -0.25) is 9.59 Å². The maximum absolute atomic E-state index is 12.7. The first-order valence-electron chi connectivity index (χ1n) is 10.9. The number of likely N-dealkylation sites (tertiary alicyclic amines) is 1. The standard InChI is InChI=1S/C23H35N3O3/c1-24-14-16-25(17-15-24)22(27)11-9-19-6-5-13-26(18-19)23(28)12-10-20-7-3-4-8-21(20)29-2/h3-4,7-8,19H,5-6,9-18H2,1-2H3/t19-/m1/s1. The van der Waals surface area contributed by atoms with Gasteiger partial charge in [0.2, 0.25) is 11.8 Å². The van der Waals surface area contributed by atoms with Crippen LogP contribution in [0.15, 0.2) is 24.3 Å². The van der Waals surface area contributed by atoms with Gasteiger partial charge in [-0.1, -0.05) is 18.2 Å². The van der Waals surface area contributed by atoms with E-state index in [2.05, 4.69) is 11.9 Å². The number of piperidine rings is 1. The van der Waals surface area contributed by atoms with Crippen molar-refractivity contribution in [3.63, 3.8) is 0 Å². The van der Waals surface area contributed by atoms with Crippen LogP contribution in [-0.4, -0.2) is 79.9 Å². The van der Waals surface area contributed by atoms with Crippen LogP contribution in [0.25, 0.3) is 0 Å². The summed E-state index contributed by atoms with van der Waals surface area (Å²) in [4.78, 5) is 31.5. The summed E-state index contributed by atoms with van der Waals surface area (Å²) in [6.45, 7) is 5.24. The number of nitrogens with zero attached hydrogens (tertiary/aromatic N) is 3. The Balaban J connectivity index is 1.42. The Labute approximate surface area is 174 Å². The highest BCUT2D eigenvalue weighted by Crippen LogP contribution is 2.24. The van der Waals surface area contributed by atoms with Crippen molar-refractivity contribution in [2.75, 3.05) is 53.4 Å². The Morgan fingerprint density at radius 2 is 1.72 bits per heavy atom. The number of benzene rings is 1. The molecule has 3 rings (SSSR count). The third kappa shape index (κ3) is 6.20. The number of ether oxygens (including phenoxy) is 1. The molecule has 6 heteroatoms. The van der Waals surface area contributed by atoms with Crippen LogP contribution in [0, 0.1) is 5.92 Å². The van der Waals surface area contributed by atoms with Crippen LogP contribution in [0.1, 0.15) is 37.7 Å². The minimum absolute atomic E-state index is 0.214. The van der Waals surface area contributed by atoms with E-state index in [-0.39, 0.29) is 11.8 Å². The highest BCUT2D eigenvalue weighted by Gasteiger charge is 2.25. The number of amides is 2. The third-order valence-corrected chi connectivity index (χ3v) is 6.29. The predicted molar refractivity (Wildman–Crippen MR) is 114 cm³/mol. The second-order valence-corrected chi connectivity index (χ2v) is 8.38. The lowest BCUT2D eigenvalue weighted by Gasteiger charge is -2.34. The van der Waals surface area contributed by atoms with Gasteiger partial charge >= 0.3 is 0 Å². The lowest BCUT2D eigenvalue weighted by molar-refractivity contribution is -0.133. The van der Waals surface area contributed by atoms with Gasteiger partial charge in [-0.25, -0.2) is 0 Å². The van der Waals surface area contributed by atoms with Crippen LogP contribution in [0.5, 0.6) is 5.75 Å². The average Bonchev–Trinajstić information content (AvgIpc) is 2.76. The minimum Gasteiger partial charge on any atom is -0.496 e. The fourth-order valence-electron chi connectivity index (χ4n) is 4.38. The second-order valence-electron chi connectivity index (χ2n) is 8.38. The largest absolute Gasteiger partial charge is 0.496 e. The molecule has 2 aliphatic rings. The first-order valence-corrected chi connectivity index (χ1v) is 10.9. The molecule has 0 saturated carbocycles. The summed E-state index contributed by atoms with van der Waals surface area (Å²) >= 11 is 0. The van der Waals surface area contributed by atoms with Crippen molar-refractivity contribution < 1.29 is 14.3 Å². The molecule has 2 fully saturated rings. The van der Waals surface area contributed by atoms with Crippen LogP contribution in [0.4, 0.5) is 0 Å². The van der Waals surface area contributed by atoms with Gasteiger partial charge in [0.15, 0.2) is 0 Å². The summed E-state index contributed by atoms with van der Waals surface area (Å²) in [6, 6.07) is 7.89. The molecular weight excluding hydrogens is 366 g/mol. The third-order valence-electron chi connectivity index (χ3n) is 6.29. The SMILES string of the molecule is COc1ccccc1CCC(=O)N1CCC[C@H](CCC(=O)N2CCN(C)CC2)C1. The number of carbonyl (C=O) groups is 2.